The highest BCUT2D eigenvalue weighted by atomic mass is 35.5. The van der Waals surface area contributed by atoms with Crippen molar-refractivity contribution in [3.05, 3.63) is 34.9 Å². The van der Waals surface area contributed by atoms with Crippen LogP contribution in [0.5, 0.6) is 0 Å². The van der Waals surface area contributed by atoms with Crippen LogP contribution in [-0.2, 0) is 4.74 Å². The summed E-state index contributed by atoms with van der Waals surface area (Å²) in [5, 5.41) is 13.9. The van der Waals surface area contributed by atoms with Crippen LogP contribution in [0.25, 0.3) is 0 Å². The van der Waals surface area contributed by atoms with Crippen molar-refractivity contribution in [2.45, 2.75) is 31.5 Å². The van der Waals surface area contributed by atoms with Crippen LogP contribution in [-0.4, -0.2) is 30.9 Å². The van der Waals surface area contributed by atoms with Gasteiger partial charge in [-0.3, -0.25) is 0 Å². The van der Waals surface area contributed by atoms with Crippen LogP contribution in [0.2, 0.25) is 5.02 Å². The molecular formula is C14H20ClNO2. The minimum absolute atomic E-state index is 0.302. The number of rotatable bonds is 5. The lowest BCUT2D eigenvalue weighted by Crippen LogP contribution is -2.34. The van der Waals surface area contributed by atoms with E-state index in [2.05, 4.69) is 5.32 Å². The standard InChI is InChI=1S/C14H20ClNO2/c15-12-6-4-11(5-7-12)14(17)10-16-9-13-3-1-2-8-18-13/h4-7,13-14,16-17H,1-3,8-10H2. The maximum atomic E-state index is 9.99. The van der Waals surface area contributed by atoms with Gasteiger partial charge in [-0.2, -0.15) is 0 Å². The zero-order valence-electron chi connectivity index (χ0n) is 10.4. The third-order valence-electron chi connectivity index (χ3n) is 3.24. The minimum Gasteiger partial charge on any atom is -0.387 e. The Morgan fingerprint density at radius 2 is 2.11 bits per heavy atom. The van der Waals surface area contributed by atoms with E-state index in [9.17, 15) is 5.11 Å². The topological polar surface area (TPSA) is 41.5 Å². The number of aliphatic hydroxyl groups is 1. The first kappa shape index (κ1) is 13.8. The normalized spacial score (nSPS) is 21.8. The highest BCUT2D eigenvalue weighted by Gasteiger charge is 2.14. The first-order valence-corrected chi connectivity index (χ1v) is 6.89. The Labute approximate surface area is 113 Å². The van der Waals surface area contributed by atoms with Crippen LogP contribution in [0.3, 0.4) is 0 Å². The van der Waals surface area contributed by atoms with Gasteiger partial charge in [0.25, 0.3) is 0 Å². The average Bonchev–Trinajstić information content (AvgIpc) is 2.40. The van der Waals surface area contributed by atoms with E-state index in [1.807, 2.05) is 12.1 Å². The molecule has 1 saturated heterocycles. The Morgan fingerprint density at radius 3 is 2.78 bits per heavy atom. The maximum Gasteiger partial charge on any atom is 0.0914 e. The van der Waals surface area contributed by atoms with Crippen LogP contribution < -0.4 is 5.32 Å². The lowest BCUT2D eigenvalue weighted by Gasteiger charge is -2.23. The zero-order valence-corrected chi connectivity index (χ0v) is 11.2. The van der Waals surface area contributed by atoms with Crippen LogP contribution >= 0.6 is 11.6 Å². The number of ether oxygens (including phenoxy) is 1. The minimum atomic E-state index is -0.495. The van der Waals surface area contributed by atoms with Crippen molar-refractivity contribution in [2.24, 2.45) is 0 Å². The van der Waals surface area contributed by atoms with Gasteiger partial charge in [0, 0.05) is 24.7 Å². The van der Waals surface area contributed by atoms with Crippen LogP contribution in [0, 0.1) is 0 Å². The maximum absolute atomic E-state index is 9.99. The fourth-order valence-corrected chi connectivity index (χ4v) is 2.28. The number of hydrogen-bond donors (Lipinski definition) is 2. The van der Waals surface area contributed by atoms with E-state index in [1.54, 1.807) is 12.1 Å². The molecule has 100 valence electrons. The van der Waals surface area contributed by atoms with E-state index < -0.39 is 6.10 Å². The number of nitrogens with one attached hydrogen (secondary N) is 1. The smallest absolute Gasteiger partial charge is 0.0914 e. The number of benzene rings is 1. The molecular weight excluding hydrogens is 250 g/mol. The Balaban J connectivity index is 1.70. The van der Waals surface area contributed by atoms with Crippen LogP contribution in [0.15, 0.2) is 24.3 Å². The summed E-state index contributed by atoms with van der Waals surface area (Å²) in [6.07, 6.45) is 3.34. The fraction of sp³-hybridized carbons (Fsp3) is 0.571. The van der Waals surface area contributed by atoms with Gasteiger partial charge in [0.15, 0.2) is 0 Å². The third kappa shape index (κ3) is 4.25. The van der Waals surface area contributed by atoms with Crippen molar-refractivity contribution >= 4 is 11.6 Å². The molecule has 0 aliphatic carbocycles. The molecule has 2 atom stereocenters. The van der Waals surface area contributed by atoms with E-state index >= 15 is 0 Å². The Hall–Kier alpha value is -0.610. The molecule has 18 heavy (non-hydrogen) atoms. The lowest BCUT2D eigenvalue weighted by atomic mass is 10.1. The molecule has 1 aliphatic rings. The summed E-state index contributed by atoms with van der Waals surface area (Å²) in [7, 11) is 0. The molecule has 0 saturated carbocycles. The molecule has 0 spiro atoms. The molecule has 4 heteroatoms. The van der Waals surface area contributed by atoms with Crippen molar-refractivity contribution in [3.63, 3.8) is 0 Å². The van der Waals surface area contributed by atoms with Gasteiger partial charge in [-0.25, -0.2) is 0 Å². The van der Waals surface area contributed by atoms with Crippen LogP contribution in [0.1, 0.15) is 30.9 Å². The van der Waals surface area contributed by atoms with Gasteiger partial charge in [0.2, 0.25) is 0 Å². The van der Waals surface area contributed by atoms with Gasteiger partial charge in [0.05, 0.1) is 12.2 Å². The molecule has 1 fully saturated rings. The number of halogens is 1. The van der Waals surface area contributed by atoms with E-state index in [0.29, 0.717) is 17.7 Å². The van der Waals surface area contributed by atoms with E-state index in [-0.39, 0.29) is 0 Å². The van der Waals surface area contributed by atoms with Crippen molar-refractivity contribution in [1.82, 2.24) is 5.32 Å². The van der Waals surface area contributed by atoms with Gasteiger partial charge in [-0.1, -0.05) is 23.7 Å². The summed E-state index contributed by atoms with van der Waals surface area (Å²) >= 11 is 5.81. The second-order valence-electron chi connectivity index (χ2n) is 4.71. The van der Waals surface area contributed by atoms with Gasteiger partial charge >= 0.3 is 0 Å². The Bertz CT molecular complexity index is 349. The molecule has 1 aromatic rings. The first-order chi connectivity index (χ1) is 8.75. The van der Waals surface area contributed by atoms with Crippen molar-refractivity contribution in [2.75, 3.05) is 19.7 Å². The summed E-state index contributed by atoms with van der Waals surface area (Å²) in [6.45, 7) is 2.22. The quantitative estimate of drug-likeness (QED) is 0.863. The van der Waals surface area contributed by atoms with Gasteiger partial charge in [0.1, 0.15) is 0 Å². The summed E-state index contributed by atoms with van der Waals surface area (Å²) in [4.78, 5) is 0. The molecule has 1 heterocycles. The molecule has 1 aromatic carbocycles. The van der Waals surface area contributed by atoms with E-state index in [0.717, 1.165) is 25.1 Å². The van der Waals surface area contributed by atoms with Crippen LogP contribution in [0.4, 0.5) is 0 Å². The van der Waals surface area contributed by atoms with Gasteiger partial charge in [-0.15, -0.1) is 0 Å². The van der Waals surface area contributed by atoms with Crippen molar-refractivity contribution < 1.29 is 9.84 Å². The highest BCUT2D eigenvalue weighted by molar-refractivity contribution is 6.30. The molecule has 2 unspecified atom stereocenters. The Kier molecular flexibility index (Phi) is 5.45. The molecule has 0 bridgehead atoms. The molecule has 0 radical (unpaired) electrons. The largest absolute Gasteiger partial charge is 0.387 e. The molecule has 2 N–H and O–H groups in total. The number of hydrogen-bond acceptors (Lipinski definition) is 3. The predicted octanol–water partition coefficient (Wildman–Crippen LogP) is 2.53. The van der Waals surface area contributed by atoms with Crippen molar-refractivity contribution in [1.29, 1.82) is 0 Å². The Morgan fingerprint density at radius 1 is 1.33 bits per heavy atom. The zero-order chi connectivity index (χ0) is 12.8. The molecule has 0 aromatic heterocycles. The SMILES string of the molecule is OC(CNCC1CCCCO1)c1ccc(Cl)cc1. The third-order valence-corrected chi connectivity index (χ3v) is 3.49. The predicted molar refractivity (Wildman–Crippen MR) is 72.9 cm³/mol. The summed E-state index contributed by atoms with van der Waals surface area (Å²) in [5.74, 6) is 0. The lowest BCUT2D eigenvalue weighted by molar-refractivity contribution is 0.0152. The molecule has 2 rings (SSSR count). The molecule has 0 amide bonds. The highest BCUT2D eigenvalue weighted by Crippen LogP contribution is 2.16. The first-order valence-electron chi connectivity index (χ1n) is 6.51. The van der Waals surface area contributed by atoms with Crippen molar-refractivity contribution in [3.8, 4) is 0 Å². The fourth-order valence-electron chi connectivity index (χ4n) is 2.15. The van der Waals surface area contributed by atoms with E-state index in [1.165, 1.54) is 12.8 Å². The second-order valence-corrected chi connectivity index (χ2v) is 5.15. The van der Waals surface area contributed by atoms with Gasteiger partial charge in [-0.05, 0) is 37.0 Å². The molecule has 3 nitrogen and oxygen atoms in total. The molecule has 1 aliphatic heterocycles. The summed E-state index contributed by atoms with van der Waals surface area (Å²) in [5.41, 5.74) is 0.886. The monoisotopic (exact) mass is 269 g/mol. The summed E-state index contributed by atoms with van der Waals surface area (Å²) < 4.78 is 5.62. The second kappa shape index (κ2) is 7.10. The number of aliphatic hydroxyl groups excluding tert-OH is 1. The van der Waals surface area contributed by atoms with Gasteiger partial charge < -0.3 is 15.2 Å². The average molecular weight is 270 g/mol. The van der Waals surface area contributed by atoms with E-state index in [4.69, 9.17) is 16.3 Å². The summed E-state index contributed by atoms with van der Waals surface area (Å²) in [6, 6.07) is 7.30.